The molecule has 0 bridgehead atoms. The number of nitrogens with zero attached hydrogens (tertiary/aromatic N) is 1. The van der Waals surface area contributed by atoms with E-state index in [1.54, 1.807) is 0 Å². The maximum atomic E-state index is 9.50. The molecule has 0 saturated heterocycles. The van der Waals surface area contributed by atoms with Crippen LogP contribution >= 0.6 is 0 Å². The topological polar surface area (TPSA) is 32.3 Å². The first-order chi connectivity index (χ1) is 7.26. The predicted octanol–water partition coefficient (Wildman–Crippen LogP) is 1.92. The first-order valence-corrected chi connectivity index (χ1v) is 6.13. The Morgan fingerprint density at radius 3 is 2.00 bits per heavy atom. The Hall–Kier alpha value is -0.410. The van der Waals surface area contributed by atoms with Crippen molar-refractivity contribution in [2.24, 2.45) is 0 Å². The van der Waals surface area contributed by atoms with E-state index in [9.17, 15) is 4.79 Å². The highest BCUT2D eigenvalue weighted by Gasteiger charge is 1.94. The van der Waals surface area contributed by atoms with E-state index in [0.717, 1.165) is 12.8 Å². The maximum absolute atomic E-state index is 9.50. The van der Waals surface area contributed by atoms with Crippen molar-refractivity contribution in [3.05, 3.63) is 0 Å². The normalized spacial score (nSPS) is 9.67. The van der Waals surface area contributed by atoms with Crippen molar-refractivity contribution < 1.29 is 4.79 Å². The standard InChI is InChI=1S/C8H19N.C4H9NO/c1-4-7-8-9(5-2)6-3;1-2-5-3-4-6/h4-8H2,1-3H3;4-5H,2-3H2,1H3. The van der Waals surface area contributed by atoms with Gasteiger partial charge in [-0.1, -0.05) is 34.1 Å². The van der Waals surface area contributed by atoms with Gasteiger partial charge in [-0.15, -0.1) is 0 Å². The lowest BCUT2D eigenvalue weighted by Crippen LogP contribution is -2.23. The summed E-state index contributed by atoms with van der Waals surface area (Å²) >= 11 is 0. The SMILES string of the molecule is CCCCN(CC)CC.CCNCC=O. The smallest absolute Gasteiger partial charge is 0.133 e. The minimum atomic E-state index is 0.483. The monoisotopic (exact) mass is 216 g/mol. The van der Waals surface area contributed by atoms with Gasteiger partial charge in [-0.05, 0) is 32.6 Å². The summed E-state index contributed by atoms with van der Waals surface area (Å²) in [6, 6.07) is 0. The molecule has 92 valence electrons. The molecule has 0 amide bonds. The Labute approximate surface area is 95.2 Å². The van der Waals surface area contributed by atoms with Gasteiger partial charge in [0.05, 0.1) is 6.54 Å². The van der Waals surface area contributed by atoms with Crippen molar-refractivity contribution in [1.29, 1.82) is 0 Å². The number of hydrogen-bond donors (Lipinski definition) is 1. The largest absolute Gasteiger partial charge is 0.311 e. The lowest BCUT2D eigenvalue weighted by molar-refractivity contribution is -0.107. The first-order valence-electron chi connectivity index (χ1n) is 6.13. The highest BCUT2D eigenvalue weighted by molar-refractivity contribution is 5.51. The van der Waals surface area contributed by atoms with Crippen LogP contribution in [-0.4, -0.2) is 43.9 Å². The third-order valence-corrected chi connectivity index (χ3v) is 2.20. The van der Waals surface area contributed by atoms with Crippen LogP contribution in [0.15, 0.2) is 0 Å². The van der Waals surface area contributed by atoms with E-state index in [1.165, 1.54) is 32.5 Å². The highest BCUT2D eigenvalue weighted by Crippen LogP contribution is 1.92. The van der Waals surface area contributed by atoms with Crippen molar-refractivity contribution in [1.82, 2.24) is 10.2 Å². The van der Waals surface area contributed by atoms with Gasteiger partial charge in [0, 0.05) is 0 Å². The van der Waals surface area contributed by atoms with Gasteiger partial charge in [0.15, 0.2) is 0 Å². The van der Waals surface area contributed by atoms with E-state index in [0.29, 0.717) is 6.54 Å². The third kappa shape index (κ3) is 16.3. The summed E-state index contributed by atoms with van der Waals surface area (Å²) in [5.41, 5.74) is 0. The Bertz CT molecular complexity index is 114. The molecule has 0 aliphatic carbocycles. The van der Waals surface area contributed by atoms with Gasteiger partial charge >= 0.3 is 0 Å². The molecule has 0 atom stereocenters. The zero-order valence-corrected chi connectivity index (χ0v) is 10.9. The van der Waals surface area contributed by atoms with Crippen molar-refractivity contribution in [2.45, 2.75) is 40.5 Å². The minimum absolute atomic E-state index is 0.483. The lowest BCUT2D eigenvalue weighted by Gasteiger charge is -2.16. The molecule has 0 aliphatic rings. The summed E-state index contributed by atoms with van der Waals surface area (Å²) in [6.07, 6.45) is 3.52. The van der Waals surface area contributed by atoms with E-state index < -0.39 is 0 Å². The van der Waals surface area contributed by atoms with Crippen LogP contribution in [0.3, 0.4) is 0 Å². The number of hydrogen-bond acceptors (Lipinski definition) is 3. The molecule has 0 fully saturated rings. The molecule has 0 aliphatic heterocycles. The molecule has 0 rings (SSSR count). The summed E-state index contributed by atoms with van der Waals surface area (Å²) in [5.74, 6) is 0. The number of nitrogens with one attached hydrogen (secondary N) is 1. The summed E-state index contributed by atoms with van der Waals surface area (Å²) in [6.45, 7) is 13.7. The van der Waals surface area contributed by atoms with E-state index in [1.807, 2.05) is 6.92 Å². The van der Waals surface area contributed by atoms with Crippen LogP contribution < -0.4 is 5.32 Å². The second-order valence-corrected chi connectivity index (χ2v) is 3.35. The second kappa shape index (κ2) is 16.0. The number of aldehydes is 1. The maximum Gasteiger partial charge on any atom is 0.133 e. The zero-order valence-electron chi connectivity index (χ0n) is 10.9. The van der Waals surface area contributed by atoms with E-state index in [4.69, 9.17) is 0 Å². The lowest BCUT2D eigenvalue weighted by atomic mass is 10.3. The van der Waals surface area contributed by atoms with Crippen molar-refractivity contribution >= 4 is 6.29 Å². The Morgan fingerprint density at radius 1 is 1.13 bits per heavy atom. The molecule has 0 aromatic rings. The predicted molar refractivity (Wildman–Crippen MR) is 67.3 cm³/mol. The van der Waals surface area contributed by atoms with Crippen LogP contribution in [0.1, 0.15) is 40.5 Å². The molecule has 0 aromatic heterocycles. The van der Waals surface area contributed by atoms with Gasteiger partial charge in [-0.25, -0.2) is 0 Å². The molecule has 0 unspecified atom stereocenters. The van der Waals surface area contributed by atoms with Gasteiger partial charge in [0.1, 0.15) is 6.29 Å². The fraction of sp³-hybridized carbons (Fsp3) is 0.917. The van der Waals surface area contributed by atoms with Gasteiger partial charge < -0.3 is 15.0 Å². The fourth-order valence-electron chi connectivity index (χ4n) is 1.12. The quantitative estimate of drug-likeness (QED) is 0.497. The van der Waals surface area contributed by atoms with Crippen LogP contribution in [0.5, 0.6) is 0 Å². The number of unbranched alkanes of at least 4 members (excludes halogenated alkanes) is 1. The number of carbonyl (C=O) groups is 1. The molecule has 1 N–H and O–H groups in total. The molecule has 15 heavy (non-hydrogen) atoms. The van der Waals surface area contributed by atoms with Crippen LogP contribution in [0.2, 0.25) is 0 Å². The number of rotatable bonds is 8. The summed E-state index contributed by atoms with van der Waals surface area (Å²) in [4.78, 5) is 12.0. The zero-order chi connectivity index (χ0) is 11.9. The molecular weight excluding hydrogens is 188 g/mol. The number of carbonyl (C=O) groups excluding carboxylic acids is 1. The average molecular weight is 216 g/mol. The molecule has 0 spiro atoms. The number of likely N-dealkylation sites (N-methyl/N-ethyl adjacent to an activating group) is 1. The molecule has 0 heterocycles. The fourth-order valence-corrected chi connectivity index (χ4v) is 1.12. The second-order valence-electron chi connectivity index (χ2n) is 3.35. The van der Waals surface area contributed by atoms with Gasteiger partial charge in [-0.2, -0.15) is 0 Å². The van der Waals surface area contributed by atoms with Crippen LogP contribution in [0.25, 0.3) is 0 Å². The van der Waals surface area contributed by atoms with Crippen molar-refractivity contribution in [3.8, 4) is 0 Å². The molecule has 3 nitrogen and oxygen atoms in total. The van der Waals surface area contributed by atoms with Crippen LogP contribution in [0.4, 0.5) is 0 Å². The van der Waals surface area contributed by atoms with Crippen LogP contribution in [0, 0.1) is 0 Å². The van der Waals surface area contributed by atoms with Crippen LogP contribution in [-0.2, 0) is 4.79 Å². The molecular formula is C12H28N2O. The van der Waals surface area contributed by atoms with Crippen molar-refractivity contribution in [3.63, 3.8) is 0 Å². The van der Waals surface area contributed by atoms with Gasteiger partial charge in [0.2, 0.25) is 0 Å². The highest BCUT2D eigenvalue weighted by atomic mass is 16.1. The van der Waals surface area contributed by atoms with Gasteiger partial charge in [-0.3, -0.25) is 0 Å². The van der Waals surface area contributed by atoms with E-state index in [-0.39, 0.29) is 0 Å². The Morgan fingerprint density at radius 2 is 1.73 bits per heavy atom. The van der Waals surface area contributed by atoms with E-state index in [2.05, 4.69) is 31.0 Å². The summed E-state index contributed by atoms with van der Waals surface area (Å²) in [7, 11) is 0. The Balaban J connectivity index is 0. The minimum Gasteiger partial charge on any atom is -0.311 e. The molecule has 0 aromatic carbocycles. The Kier molecular flexibility index (Phi) is 18.2. The average Bonchev–Trinajstić information content (AvgIpc) is 2.29. The third-order valence-electron chi connectivity index (χ3n) is 2.20. The molecule has 0 saturated carbocycles. The van der Waals surface area contributed by atoms with Crippen molar-refractivity contribution in [2.75, 3.05) is 32.7 Å². The summed E-state index contributed by atoms with van der Waals surface area (Å²) in [5, 5.41) is 2.83. The molecule has 0 radical (unpaired) electrons. The first kappa shape index (κ1) is 17.0. The van der Waals surface area contributed by atoms with Gasteiger partial charge in [0.25, 0.3) is 0 Å². The molecule has 3 heteroatoms. The van der Waals surface area contributed by atoms with E-state index >= 15 is 0 Å². The summed E-state index contributed by atoms with van der Waals surface area (Å²) < 4.78 is 0.